The van der Waals surface area contributed by atoms with E-state index in [9.17, 15) is 13.2 Å². The van der Waals surface area contributed by atoms with E-state index < -0.39 is 15.9 Å². The molecule has 4 rings (SSSR count). The molecule has 30 heavy (non-hydrogen) atoms. The van der Waals surface area contributed by atoms with Crippen molar-refractivity contribution in [3.05, 3.63) is 58.7 Å². The third-order valence-corrected chi connectivity index (χ3v) is 7.80. The topological polar surface area (TPSA) is 92.3 Å². The molecule has 1 fully saturated rings. The first-order valence-electron chi connectivity index (χ1n) is 9.42. The van der Waals surface area contributed by atoms with Gasteiger partial charge in [-0.3, -0.25) is 15.1 Å². The maximum Gasteiger partial charge on any atom is 0.259 e. The molecule has 0 atom stereocenters. The predicted octanol–water partition coefficient (Wildman–Crippen LogP) is 4.29. The molecule has 10 heteroatoms. The molecule has 1 aliphatic heterocycles. The Morgan fingerprint density at radius 1 is 1.17 bits per heavy atom. The van der Waals surface area contributed by atoms with E-state index in [-0.39, 0.29) is 15.5 Å². The first kappa shape index (κ1) is 20.9. The summed E-state index contributed by atoms with van der Waals surface area (Å²) in [6.07, 6.45) is 6.06. The van der Waals surface area contributed by atoms with Gasteiger partial charge >= 0.3 is 0 Å². The van der Waals surface area contributed by atoms with E-state index in [4.69, 9.17) is 11.6 Å². The summed E-state index contributed by atoms with van der Waals surface area (Å²) in [5.41, 5.74) is 1.62. The van der Waals surface area contributed by atoms with Gasteiger partial charge in [-0.05, 0) is 43.2 Å². The van der Waals surface area contributed by atoms with Crippen LogP contribution in [-0.2, 0) is 10.0 Å². The standard InChI is InChI=1S/C20H19ClN4O3S2/c21-17-7-6-15(30(27,28)25-9-2-1-3-10-25)11-16(17)19(26)24-20-23-18(13-29-20)14-5-4-8-22-12-14/h4-8,11-13H,1-3,9-10H2,(H,23,24,26). The largest absolute Gasteiger partial charge is 0.298 e. The number of aromatic nitrogens is 2. The zero-order chi connectivity index (χ0) is 21.1. The number of carbonyl (C=O) groups is 1. The molecule has 7 nitrogen and oxygen atoms in total. The Kier molecular flexibility index (Phi) is 6.14. The predicted molar refractivity (Wildman–Crippen MR) is 117 cm³/mol. The number of carbonyl (C=O) groups excluding carboxylic acids is 1. The van der Waals surface area contributed by atoms with Gasteiger partial charge in [0, 0.05) is 36.4 Å². The van der Waals surface area contributed by atoms with Gasteiger partial charge in [0.15, 0.2) is 5.13 Å². The summed E-state index contributed by atoms with van der Waals surface area (Å²) in [5, 5.41) is 5.08. The number of amides is 1. The number of nitrogens with zero attached hydrogens (tertiary/aromatic N) is 3. The molecule has 3 heterocycles. The lowest BCUT2D eigenvalue weighted by Crippen LogP contribution is -2.35. The van der Waals surface area contributed by atoms with Gasteiger partial charge < -0.3 is 0 Å². The highest BCUT2D eigenvalue weighted by atomic mass is 35.5. The zero-order valence-corrected chi connectivity index (χ0v) is 18.3. The van der Waals surface area contributed by atoms with E-state index >= 15 is 0 Å². The normalized spacial score (nSPS) is 15.1. The number of hydrogen-bond donors (Lipinski definition) is 1. The first-order chi connectivity index (χ1) is 14.4. The van der Waals surface area contributed by atoms with Crippen molar-refractivity contribution in [2.24, 2.45) is 0 Å². The molecule has 3 aromatic rings. The van der Waals surface area contributed by atoms with E-state index in [1.807, 2.05) is 11.4 Å². The minimum Gasteiger partial charge on any atom is -0.298 e. The number of piperidine rings is 1. The Labute approximate surface area is 183 Å². The van der Waals surface area contributed by atoms with Crippen LogP contribution in [0.3, 0.4) is 0 Å². The van der Waals surface area contributed by atoms with E-state index in [0.29, 0.717) is 23.9 Å². The number of nitrogens with one attached hydrogen (secondary N) is 1. The second-order valence-electron chi connectivity index (χ2n) is 6.84. The molecule has 0 bridgehead atoms. The van der Waals surface area contributed by atoms with Gasteiger partial charge in [-0.15, -0.1) is 11.3 Å². The van der Waals surface area contributed by atoms with Crippen LogP contribution >= 0.6 is 22.9 Å². The van der Waals surface area contributed by atoms with E-state index in [0.717, 1.165) is 24.8 Å². The molecule has 156 valence electrons. The Hall–Kier alpha value is -2.33. The van der Waals surface area contributed by atoms with Crippen LogP contribution in [0.1, 0.15) is 29.6 Å². The monoisotopic (exact) mass is 462 g/mol. The highest BCUT2D eigenvalue weighted by molar-refractivity contribution is 7.89. The van der Waals surface area contributed by atoms with Gasteiger partial charge in [-0.25, -0.2) is 13.4 Å². The van der Waals surface area contributed by atoms with Crippen molar-refractivity contribution in [1.29, 1.82) is 0 Å². The third kappa shape index (κ3) is 4.39. The first-order valence-corrected chi connectivity index (χ1v) is 12.1. The molecule has 0 aliphatic carbocycles. The number of pyridine rings is 1. The average Bonchev–Trinajstić information content (AvgIpc) is 3.23. The van der Waals surface area contributed by atoms with Crippen molar-refractivity contribution in [2.45, 2.75) is 24.2 Å². The molecule has 1 aliphatic rings. The Morgan fingerprint density at radius 2 is 1.97 bits per heavy atom. The van der Waals surface area contributed by atoms with Crippen molar-refractivity contribution in [1.82, 2.24) is 14.3 Å². The molecule has 0 radical (unpaired) electrons. The van der Waals surface area contributed by atoms with Crippen LogP contribution < -0.4 is 5.32 Å². The van der Waals surface area contributed by atoms with Crippen molar-refractivity contribution >= 4 is 44.0 Å². The second kappa shape index (κ2) is 8.81. The summed E-state index contributed by atoms with van der Waals surface area (Å²) in [6.45, 7) is 0.978. The van der Waals surface area contributed by atoms with Crippen molar-refractivity contribution < 1.29 is 13.2 Å². The van der Waals surface area contributed by atoms with Gasteiger partial charge in [0.1, 0.15) is 0 Å². The molecule has 0 saturated carbocycles. The van der Waals surface area contributed by atoms with E-state index in [1.54, 1.807) is 18.5 Å². The zero-order valence-electron chi connectivity index (χ0n) is 15.9. The van der Waals surface area contributed by atoms with E-state index in [1.165, 1.54) is 33.8 Å². The van der Waals surface area contributed by atoms with Crippen LogP contribution in [0.4, 0.5) is 5.13 Å². The van der Waals surface area contributed by atoms with Crippen LogP contribution in [0.2, 0.25) is 5.02 Å². The van der Waals surface area contributed by atoms with E-state index in [2.05, 4.69) is 15.3 Å². The number of benzene rings is 1. The van der Waals surface area contributed by atoms with Gasteiger partial charge in [-0.1, -0.05) is 18.0 Å². The van der Waals surface area contributed by atoms with Crippen molar-refractivity contribution in [2.75, 3.05) is 18.4 Å². The summed E-state index contributed by atoms with van der Waals surface area (Å²) in [6, 6.07) is 7.89. The average molecular weight is 463 g/mol. The molecular formula is C20H19ClN4O3S2. The fraction of sp³-hybridized carbons (Fsp3) is 0.250. The number of thiazole rings is 1. The van der Waals surface area contributed by atoms with Crippen LogP contribution in [0.5, 0.6) is 0 Å². The highest BCUT2D eigenvalue weighted by Gasteiger charge is 2.27. The summed E-state index contributed by atoms with van der Waals surface area (Å²) in [7, 11) is -3.66. The lowest BCUT2D eigenvalue weighted by atomic mass is 10.2. The molecule has 2 aromatic heterocycles. The molecule has 0 spiro atoms. The smallest absolute Gasteiger partial charge is 0.259 e. The Balaban J connectivity index is 1.56. The molecule has 1 amide bonds. The van der Waals surface area contributed by atoms with Crippen molar-refractivity contribution in [3.63, 3.8) is 0 Å². The van der Waals surface area contributed by atoms with Crippen LogP contribution in [0.15, 0.2) is 53.0 Å². The molecule has 1 N–H and O–H groups in total. The Bertz CT molecular complexity index is 1160. The summed E-state index contributed by atoms with van der Waals surface area (Å²) in [4.78, 5) is 21.3. The van der Waals surface area contributed by atoms with Crippen molar-refractivity contribution in [3.8, 4) is 11.3 Å². The lowest BCUT2D eigenvalue weighted by molar-refractivity contribution is 0.102. The minimum atomic E-state index is -3.66. The fourth-order valence-electron chi connectivity index (χ4n) is 3.24. The minimum absolute atomic E-state index is 0.0640. The third-order valence-electron chi connectivity index (χ3n) is 4.82. The molecule has 1 saturated heterocycles. The maximum absolute atomic E-state index is 12.9. The van der Waals surface area contributed by atoms with Crippen LogP contribution in [0, 0.1) is 0 Å². The summed E-state index contributed by atoms with van der Waals surface area (Å²) < 4.78 is 27.3. The number of sulfonamides is 1. The highest BCUT2D eigenvalue weighted by Crippen LogP contribution is 2.28. The summed E-state index contributed by atoms with van der Waals surface area (Å²) in [5.74, 6) is -0.511. The van der Waals surface area contributed by atoms with Crippen LogP contribution in [-0.4, -0.2) is 41.7 Å². The number of halogens is 1. The number of rotatable bonds is 5. The van der Waals surface area contributed by atoms with Gasteiger partial charge in [0.05, 0.1) is 21.2 Å². The SMILES string of the molecule is O=C(Nc1nc(-c2cccnc2)cs1)c1cc(S(=O)(=O)N2CCCCC2)ccc1Cl. The van der Waals surface area contributed by atoms with Gasteiger partial charge in [-0.2, -0.15) is 4.31 Å². The fourth-order valence-corrected chi connectivity index (χ4v) is 5.70. The number of anilines is 1. The second-order valence-corrected chi connectivity index (χ2v) is 10.0. The molecule has 1 aromatic carbocycles. The Morgan fingerprint density at radius 3 is 2.70 bits per heavy atom. The van der Waals surface area contributed by atoms with Gasteiger partial charge in [0.25, 0.3) is 5.91 Å². The number of hydrogen-bond acceptors (Lipinski definition) is 6. The van der Waals surface area contributed by atoms with Crippen LogP contribution in [0.25, 0.3) is 11.3 Å². The quantitative estimate of drug-likeness (QED) is 0.610. The lowest BCUT2D eigenvalue weighted by Gasteiger charge is -2.26. The summed E-state index contributed by atoms with van der Waals surface area (Å²) >= 11 is 7.47. The molecular weight excluding hydrogens is 444 g/mol. The maximum atomic E-state index is 12.9. The molecule has 0 unspecified atom stereocenters. The van der Waals surface area contributed by atoms with Gasteiger partial charge in [0.2, 0.25) is 10.0 Å².